The molecule has 30 heavy (non-hydrogen) atoms. The van der Waals surface area contributed by atoms with Crippen LogP contribution in [0.4, 0.5) is 0 Å². The van der Waals surface area contributed by atoms with Gasteiger partial charge in [-0.2, -0.15) is 28.3 Å². The minimum atomic E-state index is 0.210. The van der Waals surface area contributed by atoms with Crippen molar-refractivity contribution in [1.29, 1.82) is 0 Å². The van der Waals surface area contributed by atoms with Crippen molar-refractivity contribution in [2.24, 2.45) is 0 Å². The quantitative estimate of drug-likeness (QED) is 0.196. The Balaban J connectivity index is 0.000000207. The first-order valence-electron chi connectivity index (χ1n) is 10.7. The van der Waals surface area contributed by atoms with E-state index in [1.807, 2.05) is 0 Å². The summed E-state index contributed by atoms with van der Waals surface area (Å²) in [6.07, 6.45) is 1.09. The zero-order valence-electron chi connectivity index (χ0n) is 19.6. The summed E-state index contributed by atoms with van der Waals surface area (Å²) < 4.78 is 0. The molecule has 4 aromatic rings. The van der Waals surface area contributed by atoms with Crippen LogP contribution in [-0.4, -0.2) is 5.43 Å². The van der Waals surface area contributed by atoms with E-state index in [0.29, 0.717) is 0 Å². The van der Waals surface area contributed by atoms with Crippen LogP contribution in [0.2, 0.25) is 13.1 Å². The summed E-state index contributed by atoms with van der Waals surface area (Å²) in [7, 11) is 0. The molecule has 0 aliphatic heterocycles. The van der Waals surface area contributed by atoms with E-state index in [1.54, 1.807) is 23.3 Å². The number of aryl methyl sites for hydroxylation is 3. The normalized spacial score (nSPS) is 10.2. The fourth-order valence-corrected chi connectivity index (χ4v) is 3.49. The zero-order chi connectivity index (χ0) is 22.3. The van der Waals surface area contributed by atoms with Gasteiger partial charge in [-0.3, -0.25) is 0 Å². The third-order valence-corrected chi connectivity index (χ3v) is 5.51. The Bertz CT molecular complexity index is 1080. The smallest absolute Gasteiger partial charge is 0.0632 e. The number of hydrogen-bond donors (Lipinski definition) is 0. The van der Waals surface area contributed by atoms with E-state index in [-0.39, 0.29) is 5.43 Å². The molecule has 2 heteroatoms. The topological polar surface area (TPSA) is 0 Å². The molecule has 4 aromatic carbocycles. The van der Waals surface area contributed by atoms with Crippen LogP contribution in [0.1, 0.15) is 34.7 Å². The van der Waals surface area contributed by atoms with E-state index in [0.717, 1.165) is 6.42 Å². The van der Waals surface area contributed by atoms with Gasteiger partial charge in [0.05, 0.1) is 0 Å². The molecule has 0 aliphatic rings. The molecule has 0 fully saturated rings. The fourth-order valence-electron chi connectivity index (χ4n) is 3.49. The van der Waals surface area contributed by atoms with Crippen molar-refractivity contribution in [2.45, 2.75) is 54.1 Å². The summed E-state index contributed by atoms with van der Waals surface area (Å²) in [4.78, 5) is 0. The van der Waals surface area contributed by atoms with Gasteiger partial charge < -0.3 is 0 Å². The third-order valence-electron chi connectivity index (χ3n) is 5.51. The molecule has 154 valence electrons. The van der Waals surface area contributed by atoms with Crippen LogP contribution < -0.4 is 0 Å². The number of hydrogen-bond acceptors (Lipinski definition) is 0. The first kappa shape index (κ1) is 24.8. The minimum absolute atomic E-state index is 0.210. The molecule has 0 unspecified atom stereocenters. The molecule has 0 amide bonds. The summed E-state index contributed by atoms with van der Waals surface area (Å²) in [6, 6.07) is 24.1. The van der Waals surface area contributed by atoms with Crippen LogP contribution in [0, 0.1) is 27.7 Å². The van der Waals surface area contributed by atoms with Gasteiger partial charge in [0.15, 0.2) is 0 Å². The predicted molar refractivity (Wildman–Crippen MR) is 133 cm³/mol. The van der Waals surface area contributed by atoms with Gasteiger partial charge in [0, 0.05) is 0 Å². The molecule has 0 saturated carbocycles. The van der Waals surface area contributed by atoms with Gasteiger partial charge in [0.2, 0.25) is 0 Å². The Morgan fingerprint density at radius 3 is 2.00 bits per heavy atom. The maximum absolute atomic E-state index is 2.31. The first-order chi connectivity index (χ1) is 14.2. The van der Waals surface area contributed by atoms with Crippen molar-refractivity contribution in [2.75, 3.05) is 0 Å². The van der Waals surface area contributed by atoms with Crippen LogP contribution in [0.5, 0.6) is 0 Å². The molecule has 0 bridgehead atoms. The molecule has 0 aromatic heterocycles. The molecule has 0 spiro atoms. The SMILES string of the molecule is CCc1cccc(-c2c[cH-]c3ccccc23)c1.C[Si](C)=[Zr+2].Cc1[cH-]c(C)c(C)c1C. The second kappa shape index (κ2) is 11.8. The van der Waals surface area contributed by atoms with Gasteiger partial charge in [0.25, 0.3) is 0 Å². The standard InChI is InChI=1S/C17H15.C9H13.C2H6Si.Zr/c1-2-13-6-5-8-15(12-13)17-11-10-14-7-3-4-9-16(14)17;1-6-5-7(2)9(4)8(6)3;1-3-2;/h3-12H,2H2,1H3;5H,1-4H3;1-2H3;/q2*-1;;+2. The van der Waals surface area contributed by atoms with Gasteiger partial charge in [-0.15, -0.1) is 46.7 Å². The molecule has 0 aliphatic carbocycles. The van der Waals surface area contributed by atoms with E-state index in [2.05, 4.69) is 114 Å². The van der Waals surface area contributed by atoms with Gasteiger partial charge in [-0.1, -0.05) is 70.5 Å². The summed E-state index contributed by atoms with van der Waals surface area (Å²) in [6.45, 7) is 15.5. The average molecular weight is 490 g/mol. The van der Waals surface area contributed by atoms with Crippen molar-refractivity contribution in [3.63, 3.8) is 0 Å². The second-order valence-electron chi connectivity index (χ2n) is 8.15. The minimum Gasteiger partial charge on any atom is -0.196 e. The maximum atomic E-state index is 2.31. The zero-order valence-corrected chi connectivity index (χ0v) is 23.0. The van der Waals surface area contributed by atoms with Crippen LogP contribution in [0.25, 0.3) is 21.9 Å². The molecular weight excluding hydrogens is 456 g/mol. The second-order valence-corrected chi connectivity index (χ2v) is 17.5. The van der Waals surface area contributed by atoms with Crippen LogP contribution in [0.15, 0.2) is 66.7 Å². The van der Waals surface area contributed by atoms with Gasteiger partial charge in [0.1, 0.15) is 0 Å². The van der Waals surface area contributed by atoms with Crippen molar-refractivity contribution in [1.82, 2.24) is 0 Å². The van der Waals surface area contributed by atoms with Crippen LogP contribution in [0.3, 0.4) is 0 Å². The van der Waals surface area contributed by atoms with Crippen molar-refractivity contribution in [3.05, 3.63) is 94.5 Å². The van der Waals surface area contributed by atoms with Crippen LogP contribution in [-0.2, 0) is 29.8 Å². The Morgan fingerprint density at radius 2 is 1.47 bits per heavy atom. The largest absolute Gasteiger partial charge is 0.196 e. The maximum Gasteiger partial charge on any atom is -0.0632 e. The summed E-state index contributed by atoms with van der Waals surface area (Å²) in [5.41, 5.74) is 10.0. The Kier molecular flexibility index (Phi) is 9.72. The van der Waals surface area contributed by atoms with Crippen molar-refractivity contribution < 1.29 is 23.3 Å². The summed E-state index contributed by atoms with van der Waals surface area (Å²) >= 11 is 1.74. The third kappa shape index (κ3) is 6.76. The molecule has 0 nitrogen and oxygen atoms in total. The van der Waals surface area contributed by atoms with Gasteiger partial charge in [-0.25, -0.2) is 0 Å². The fraction of sp³-hybridized carbons (Fsp3) is 0.286. The van der Waals surface area contributed by atoms with Crippen LogP contribution >= 0.6 is 0 Å². The number of rotatable bonds is 2. The van der Waals surface area contributed by atoms with E-state index in [9.17, 15) is 0 Å². The summed E-state index contributed by atoms with van der Waals surface area (Å²) in [5, 5.41) is 2.67. The Hall–Kier alpha value is -1.50. The van der Waals surface area contributed by atoms with Crippen molar-refractivity contribution in [3.8, 4) is 11.1 Å². The monoisotopic (exact) mass is 488 g/mol. The van der Waals surface area contributed by atoms with E-state index >= 15 is 0 Å². The van der Waals surface area contributed by atoms with Gasteiger partial charge in [-0.05, 0) is 12.0 Å². The predicted octanol–water partition coefficient (Wildman–Crippen LogP) is 8.21. The molecule has 0 atom stereocenters. The molecule has 0 heterocycles. The number of fused-ring (bicyclic) bond motifs is 1. The first-order valence-corrected chi connectivity index (χ1v) is 16.9. The van der Waals surface area contributed by atoms with Crippen molar-refractivity contribution >= 4 is 16.2 Å². The molecule has 0 radical (unpaired) electrons. The van der Waals surface area contributed by atoms with E-state index in [4.69, 9.17) is 0 Å². The molecule has 4 rings (SSSR count). The number of benzene rings is 2. The molecule has 0 saturated heterocycles. The van der Waals surface area contributed by atoms with Gasteiger partial charge >= 0.3 is 41.9 Å². The molecular formula is C28H34SiZr. The average Bonchev–Trinajstić information content (AvgIpc) is 3.25. The molecule has 0 N–H and O–H groups in total. The Labute approximate surface area is 198 Å². The van der Waals surface area contributed by atoms with E-state index in [1.165, 1.54) is 49.7 Å². The summed E-state index contributed by atoms with van der Waals surface area (Å²) in [5.74, 6) is 0. The van der Waals surface area contributed by atoms with E-state index < -0.39 is 0 Å². The Morgan fingerprint density at radius 1 is 0.867 bits per heavy atom.